The van der Waals surface area contributed by atoms with Gasteiger partial charge in [-0.3, -0.25) is 4.79 Å². The third kappa shape index (κ3) is 4.19. The number of fused-ring (bicyclic) bond motifs is 1. The van der Waals surface area contributed by atoms with Gasteiger partial charge in [0, 0.05) is 6.54 Å². The summed E-state index contributed by atoms with van der Waals surface area (Å²) in [5.74, 6) is 2.85. The molecule has 0 bridgehead atoms. The molecule has 0 saturated carbocycles. The van der Waals surface area contributed by atoms with Crippen LogP contribution in [0.25, 0.3) is 10.2 Å². The van der Waals surface area contributed by atoms with Gasteiger partial charge in [-0.25, -0.2) is 8.42 Å². The summed E-state index contributed by atoms with van der Waals surface area (Å²) in [6.07, 6.45) is 6.60. The predicted octanol–water partition coefficient (Wildman–Crippen LogP) is 3.08. The Bertz CT molecular complexity index is 1310. The number of thiophene rings is 1. The molecule has 1 unspecified atom stereocenters. The number of terminal acetylenes is 1. The molecule has 2 aromatic heterocycles. The maximum absolute atomic E-state index is 13.1. The van der Waals surface area contributed by atoms with Crippen LogP contribution in [0.15, 0.2) is 44.9 Å². The van der Waals surface area contributed by atoms with Gasteiger partial charge in [0.1, 0.15) is 16.0 Å². The molecule has 0 spiro atoms. The van der Waals surface area contributed by atoms with Crippen molar-refractivity contribution in [3.8, 4) is 18.1 Å². The summed E-state index contributed by atoms with van der Waals surface area (Å²) in [7, 11) is -3.72. The molecule has 1 atom stereocenters. The van der Waals surface area contributed by atoms with Crippen molar-refractivity contribution < 1.29 is 17.9 Å². The molecule has 0 aliphatic carbocycles. The number of sulfonamides is 1. The van der Waals surface area contributed by atoms with E-state index in [0.29, 0.717) is 30.8 Å². The smallest absolute Gasteiger partial charge is 0.266 e. The van der Waals surface area contributed by atoms with Crippen LogP contribution in [-0.4, -0.2) is 42.4 Å². The zero-order valence-corrected chi connectivity index (χ0v) is 19.3. The van der Waals surface area contributed by atoms with Gasteiger partial charge in [-0.15, -0.1) is 17.8 Å². The lowest BCUT2D eigenvalue weighted by atomic mass is 10.2. The lowest BCUT2D eigenvalue weighted by molar-refractivity contribution is -0.121. The topological polar surface area (TPSA) is 81.0 Å². The highest BCUT2D eigenvalue weighted by Crippen LogP contribution is 2.29. The number of ether oxygens (including phenoxy) is 1. The van der Waals surface area contributed by atoms with E-state index in [2.05, 4.69) is 10.9 Å². The molecular formula is C21H21N3O4S3. The van der Waals surface area contributed by atoms with Crippen molar-refractivity contribution >= 4 is 48.8 Å². The van der Waals surface area contributed by atoms with Crippen LogP contribution in [0.1, 0.15) is 19.8 Å². The first kappa shape index (κ1) is 21.8. The van der Waals surface area contributed by atoms with E-state index in [1.807, 2.05) is 25.1 Å². The van der Waals surface area contributed by atoms with Crippen LogP contribution in [0.3, 0.4) is 0 Å². The second-order valence-electron chi connectivity index (χ2n) is 6.89. The van der Waals surface area contributed by atoms with Gasteiger partial charge in [0.2, 0.25) is 0 Å². The number of hydrogen-bond donors (Lipinski definition) is 0. The van der Waals surface area contributed by atoms with Crippen LogP contribution in [-0.2, 0) is 21.4 Å². The minimum Gasteiger partial charge on any atom is -0.494 e. The Labute approximate surface area is 188 Å². The predicted molar refractivity (Wildman–Crippen MR) is 122 cm³/mol. The van der Waals surface area contributed by atoms with Crippen molar-refractivity contribution in [1.29, 1.82) is 0 Å². The normalized spacial score (nSPS) is 17.8. The average molecular weight is 476 g/mol. The molecule has 7 nitrogen and oxygen atoms in total. The third-order valence-electron chi connectivity index (χ3n) is 4.97. The van der Waals surface area contributed by atoms with Gasteiger partial charge in [-0.1, -0.05) is 23.3 Å². The van der Waals surface area contributed by atoms with Crippen LogP contribution in [0, 0.1) is 12.3 Å². The summed E-state index contributed by atoms with van der Waals surface area (Å²) >= 11 is 2.48. The van der Waals surface area contributed by atoms with E-state index in [0.717, 1.165) is 27.3 Å². The van der Waals surface area contributed by atoms with Gasteiger partial charge < -0.3 is 9.30 Å². The lowest BCUT2D eigenvalue weighted by Gasteiger charge is -2.20. The van der Waals surface area contributed by atoms with Gasteiger partial charge in [-0.2, -0.15) is 9.30 Å². The van der Waals surface area contributed by atoms with Crippen molar-refractivity contribution in [2.45, 2.75) is 36.6 Å². The van der Waals surface area contributed by atoms with E-state index in [9.17, 15) is 13.2 Å². The van der Waals surface area contributed by atoms with Crippen LogP contribution < -0.4 is 9.54 Å². The average Bonchev–Trinajstić information content (AvgIpc) is 3.49. The molecular weight excluding hydrogens is 454 g/mol. The highest BCUT2D eigenvalue weighted by atomic mass is 32.2. The second-order valence-corrected chi connectivity index (χ2v) is 11.0. The molecule has 3 aromatic rings. The van der Waals surface area contributed by atoms with Gasteiger partial charge >= 0.3 is 0 Å². The summed E-state index contributed by atoms with van der Waals surface area (Å²) in [5, 5.41) is 1.71. The molecule has 1 aliphatic heterocycles. The Balaban J connectivity index is 1.72. The Hall–Kier alpha value is -2.45. The molecule has 3 heterocycles. The number of benzene rings is 1. The number of carbonyl (C=O) groups excluding carboxylic acids is 1. The Morgan fingerprint density at radius 2 is 2.23 bits per heavy atom. The minimum atomic E-state index is -3.72. The summed E-state index contributed by atoms with van der Waals surface area (Å²) in [4.78, 5) is 17.9. The standard InChI is InChI=1S/C21H21N3O4S3/c1-3-11-23-16-10-9-15(28-4-2)14-18(16)30-21(23)22-20(25)17-7-5-12-24(17)31(26,27)19-8-6-13-29-19/h1,6,8-10,13-14,17H,4-5,7,11-12H2,2H3. The molecule has 0 N–H and O–H groups in total. The molecule has 0 radical (unpaired) electrons. The first-order valence-corrected chi connectivity index (χ1v) is 12.9. The van der Waals surface area contributed by atoms with Crippen molar-refractivity contribution in [3.05, 3.63) is 40.5 Å². The van der Waals surface area contributed by atoms with E-state index in [4.69, 9.17) is 11.2 Å². The second kappa shape index (κ2) is 8.96. The zero-order valence-electron chi connectivity index (χ0n) is 16.9. The van der Waals surface area contributed by atoms with E-state index in [1.54, 1.807) is 22.1 Å². The lowest BCUT2D eigenvalue weighted by Crippen LogP contribution is -2.40. The monoisotopic (exact) mass is 475 g/mol. The Morgan fingerprint density at radius 3 is 2.94 bits per heavy atom. The SMILES string of the molecule is C#CCn1c(=NC(=O)C2CCCN2S(=O)(=O)c2cccs2)sc2cc(OCC)ccc21. The first-order valence-electron chi connectivity index (χ1n) is 9.79. The molecule has 162 valence electrons. The molecule has 10 heteroatoms. The summed E-state index contributed by atoms with van der Waals surface area (Å²) in [5.41, 5.74) is 0.854. The Morgan fingerprint density at radius 1 is 1.39 bits per heavy atom. The highest BCUT2D eigenvalue weighted by molar-refractivity contribution is 7.91. The number of nitrogens with zero attached hydrogens (tertiary/aromatic N) is 3. The minimum absolute atomic E-state index is 0.236. The van der Waals surface area contributed by atoms with E-state index >= 15 is 0 Å². The summed E-state index contributed by atoms with van der Waals surface area (Å²) < 4.78 is 35.7. The molecule has 1 saturated heterocycles. The maximum Gasteiger partial charge on any atom is 0.266 e. The summed E-state index contributed by atoms with van der Waals surface area (Å²) in [6.45, 7) is 3.02. The molecule has 1 aliphatic rings. The zero-order chi connectivity index (χ0) is 22.0. The van der Waals surface area contributed by atoms with E-state index in [-0.39, 0.29) is 10.8 Å². The van der Waals surface area contributed by atoms with Crippen molar-refractivity contribution in [1.82, 2.24) is 8.87 Å². The third-order valence-corrected chi connectivity index (χ3v) is 9.29. The Kier molecular flexibility index (Phi) is 6.29. The number of thiazole rings is 1. The number of amides is 1. The number of aromatic nitrogens is 1. The molecule has 1 fully saturated rings. The van der Waals surface area contributed by atoms with Gasteiger partial charge in [0.25, 0.3) is 15.9 Å². The molecule has 4 rings (SSSR count). The number of rotatable bonds is 6. The number of carbonyl (C=O) groups is 1. The van der Waals surface area contributed by atoms with E-state index < -0.39 is 22.0 Å². The fraction of sp³-hybridized carbons (Fsp3) is 0.333. The number of hydrogen-bond acceptors (Lipinski definition) is 6. The fourth-order valence-electron chi connectivity index (χ4n) is 3.61. The van der Waals surface area contributed by atoms with Gasteiger partial charge in [0.15, 0.2) is 4.80 Å². The van der Waals surface area contributed by atoms with Crippen LogP contribution in [0.2, 0.25) is 0 Å². The van der Waals surface area contributed by atoms with Crippen molar-refractivity contribution in [2.24, 2.45) is 4.99 Å². The molecule has 31 heavy (non-hydrogen) atoms. The van der Waals surface area contributed by atoms with Crippen LogP contribution >= 0.6 is 22.7 Å². The fourth-order valence-corrected chi connectivity index (χ4v) is 7.44. The quantitative estimate of drug-likeness (QED) is 0.513. The largest absolute Gasteiger partial charge is 0.494 e. The van der Waals surface area contributed by atoms with Crippen LogP contribution in [0.5, 0.6) is 5.75 Å². The summed E-state index contributed by atoms with van der Waals surface area (Å²) in [6, 6.07) is 8.06. The maximum atomic E-state index is 13.1. The van der Waals surface area contributed by atoms with Gasteiger partial charge in [-0.05, 0) is 49.4 Å². The molecule has 1 aromatic carbocycles. The van der Waals surface area contributed by atoms with Crippen LogP contribution in [0.4, 0.5) is 0 Å². The van der Waals surface area contributed by atoms with Crippen molar-refractivity contribution in [2.75, 3.05) is 13.2 Å². The van der Waals surface area contributed by atoms with Gasteiger partial charge in [0.05, 0.1) is 23.4 Å². The van der Waals surface area contributed by atoms with E-state index in [1.165, 1.54) is 15.6 Å². The highest BCUT2D eigenvalue weighted by Gasteiger charge is 2.39. The van der Waals surface area contributed by atoms with Crippen molar-refractivity contribution in [3.63, 3.8) is 0 Å². The first-order chi connectivity index (χ1) is 15.0. The molecule has 1 amide bonds.